The van der Waals surface area contributed by atoms with Gasteiger partial charge in [-0.1, -0.05) is 12.1 Å². The van der Waals surface area contributed by atoms with Crippen molar-refractivity contribution in [2.75, 3.05) is 40.4 Å². The average Bonchev–Trinajstić information content (AvgIpc) is 2.76. The van der Waals surface area contributed by atoms with E-state index in [1.165, 1.54) is 6.42 Å². The smallest absolute Gasteiger partial charge is 0.257 e. The Morgan fingerprint density at radius 3 is 2.40 bits per heavy atom. The lowest BCUT2D eigenvalue weighted by Gasteiger charge is -2.35. The fourth-order valence-corrected chi connectivity index (χ4v) is 3.94. The highest BCUT2D eigenvalue weighted by Gasteiger charge is 2.26. The van der Waals surface area contributed by atoms with Crippen LogP contribution in [0.4, 0.5) is 0 Å². The summed E-state index contributed by atoms with van der Waals surface area (Å²) in [6.07, 6.45) is 3.62. The monoisotopic (exact) mass is 410 g/mol. The van der Waals surface area contributed by atoms with Crippen LogP contribution in [-0.2, 0) is 6.54 Å². The molecule has 2 aliphatic rings. The van der Waals surface area contributed by atoms with Crippen LogP contribution >= 0.6 is 0 Å². The number of amides is 1. The van der Waals surface area contributed by atoms with Gasteiger partial charge in [0.15, 0.2) is 0 Å². The summed E-state index contributed by atoms with van der Waals surface area (Å²) in [7, 11) is 3.35. The molecule has 6 heteroatoms. The Kier molecular flexibility index (Phi) is 6.43. The van der Waals surface area contributed by atoms with Crippen LogP contribution in [0.2, 0.25) is 0 Å². The summed E-state index contributed by atoms with van der Waals surface area (Å²) < 4.78 is 16.9. The van der Waals surface area contributed by atoms with Crippen LogP contribution in [0.5, 0.6) is 17.2 Å². The van der Waals surface area contributed by atoms with Crippen molar-refractivity contribution in [1.82, 2.24) is 9.80 Å². The molecule has 6 nitrogen and oxygen atoms in total. The second-order valence-corrected chi connectivity index (χ2v) is 7.91. The lowest BCUT2D eigenvalue weighted by molar-refractivity contribution is 0.0613. The minimum absolute atomic E-state index is 0.0588. The van der Waals surface area contributed by atoms with Gasteiger partial charge in [0.2, 0.25) is 0 Å². The maximum Gasteiger partial charge on any atom is 0.257 e. The Morgan fingerprint density at radius 1 is 0.967 bits per heavy atom. The van der Waals surface area contributed by atoms with E-state index >= 15 is 0 Å². The third kappa shape index (κ3) is 4.54. The van der Waals surface area contributed by atoms with Crippen LogP contribution in [0, 0.1) is 0 Å². The van der Waals surface area contributed by atoms with E-state index in [1.807, 2.05) is 47.4 Å². The quantitative estimate of drug-likeness (QED) is 0.698. The molecule has 2 fully saturated rings. The second-order valence-electron chi connectivity index (χ2n) is 7.91. The summed E-state index contributed by atoms with van der Waals surface area (Å²) in [6.45, 7) is 3.80. The molecule has 0 bridgehead atoms. The molecule has 160 valence electrons. The van der Waals surface area contributed by atoms with Crippen LogP contribution in [-0.4, -0.2) is 62.2 Å². The highest BCUT2D eigenvalue weighted by molar-refractivity contribution is 5.97. The molecule has 2 aromatic carbocycles. The Bertz CT molecular complexity index is 873. The molecular weight excluding hydrogens is 380 g/mol. The van der Waals surface area contributed by atoms with Crippen molar-refractivity contribution in [2.24, 2.45) is 0 Å². The van der Waals surface area contributed by atoms with E-state index in [0.29, 0.717) is 18.7 Å². The van der Waals surface area contributed by atoms with Gasteiger partial charge in [0, 0.05) is 38.3 Å². The molecule has 1 saturated heterocycles. The van der Waals surface area contributed by atoms with Crippen molar-refractivity contribution in [3.8, 4) is 17.2 Å². The van der Waals surface area contributed by atoms with Crippen LogP contribution in [0.25, 0.3) is 0 Å². The standard InChI is InChI=1S/C24H30N2O4/c1-28-20-10-11-22(29-2)18(16-20)17-25-12-14-26(15-13-25)24(27)21-8-3-4-9-23(21)30-19-6-5-7-19/h3-4,8-11,16,19H,5-7,12-15,17H2,1-2H3. The number of hydrogen-bond acceptors (Lipinski definition) is 5. The van der Waals surface area contributed by atoms with Crippen LogP contribution in [0.3, 0.4) is 0 Å². The lowest BCUT2D eigenvalue weighted by Crippen LogP contribution is -2.48. The van der Waals surface area contributed by atoms with Crippen LogP contribution in [0.15, 0.2) is 42.5 Å². The Labute approximate surface area is 178 Å². The number of ether oxygens (including phenoxy) is 3. The van der Waals surface area contributed by atoms with Gasteiger partial charge in [0.05, 0.1) is 25.9 Å². The first-order chi connectivity index (χ1) is 14.7. The average molecular weight is 411 g/mol. The summed E-state index contributed by atoms with van der Waals surface area (Å²) in [6, 6.07) is 13.5. The first-order valence-electron chi connectivity index (χ1n) is 10.7. The molecule has 0 N–H and O–H groups in total. The van der Waals surface area contributed by atoms with E-state index in [4.69, 9.17) is 14.2 Å². The minimum Gasteiger partial charge on any atom is -0.497 e. The van der Waals surface area contributed by atoms with Gasteiger partial charge in [-0.3, -0.25) is 9.69 Å². The maximum atomic E-state index is 13.1. The number of nitrogens with zero attached hydrogens (tertiary/aromatic N) is 2. The number of hydrogen-bond donors (Lipinski definition) is 0. The number of rotatable bonds is 7. The molecule has 4 rings (SSSR count). The molecule has 0 radical (unpaired) electrons. The highest BCUT2D eigenvalue weighted by Crippen LogP contribution is 2.29. The molecule has 0 aromatic heterocycles. The molecule has 2 aromatic rings. The van der Waals surface area contributed by atoms with Gasteiger partial charge in [-0.15, -0.1) is 0 Å². The van der Waals surface area contributed by atoms with Crippen LogP contribution in [0.1, 0.15) is 35.2 Å². The maximum absolute atomic E-state index is 13.1. The van der Waals surface area contributed by atoms with E-state index in [1.54, 1.807) is 14.2 Å². The summed E-state index contributed by atoms with van der Waals surface area (Å²) in [4.78, 5) is 17.4. The van der Waals surface area contributed by atoms with Gasteiger partial charge < -0.3 is 19.1 Å². The largest absolute Gasteiger partial charge is 0.497 e. The molecule has 1 aliphatic carbocycles. The Hall–Kier alpha value is -2.73. The molecule has 0 spiro atoms. The van der Waals surface area contributed by atoms with E-state index in [-0.39, 0.29) is 12.0 Å². The fraction of sp³-hybridized carbons (Fsp3) is 0.458. The number of para-hydroxylation sites is 1. The minimum atomic E-state index is 0.0588. The summed E-state index contributed by atoms with van der Waals surface area (Å²) in [5.74, 6) is 2.46. The zero-order valence-electron chi connectivity index (χ0n) is 17.8. The topological polar surface area (TPSA) is 51.2 Å². The molecule has 1 amide bonds. The van der Waals surface area contributed by atoms with Gasteiger partial charge in [-0.25, -0.2) is 0 Å². The summed E-state index contributed by atoms with van der Waals surface area (Å²) >= 11 is 0. The fourth-order valence-electron chi connectivity index (χ4n) is 3.94. The molecule has 0 unspecified atom stereocenters. The second kappa shape index (κ2) is 9.39. The summed E-state index contributed by atoms with van der Waals surface area (Å²) in [5, 5.41) is 0. The van der Waals surface area contributed by atoms with E-state index < -0.39 is 0 Å². The van der Waals surface area contributed by atoms with Crippen molar-refractivity contribution in [3.05, 3.63) is 53.6 Å². The third-order valence-corrected chi connectivity index (χ3v) is 6.00. The van der Waals surface area contributed by atoms with Crippen molar-refractivity contribution in [3.63, 3.8) is 0 Å². The van der Waals surface area contributed by atoms with Crippen LogP contribution < -0.4 is 14.2 Å². The molecule has 0 atom stereocenters. The highest BCUT2D eigenvalue weighted by atomic mass is 16.5. The van der Waals surface area contributed by atoms with E-state index in [0.717, 1.165) is 55.3 Å². The molecule has 1 saturated carbocycles. The molecular formula is C24H30N2O4. The van der Waals surface area contributed by atoms with Gasteiger partial charge in [0.25, 0.3) is 5.91 Å². The van der Waals surface area contributed by atoms with E-state index in [2.05, 4.69) is 4.90 Å². The molecule has 1 heterocycles. The molecule has 1 aliphatic heterocycles. The van der Waals surface area contributed by atoms with Gasteiger partial charge in [-0.2, -0.15) is 0 Å². The van der Waals surface area contributed by atoms with E-state index in [9.17, 15) is 4.79 Å². The lowest BCUT2D eigenvalue weighted by atomic mass is 9.96. The SMILES string of the molecule is COc1ccc(OC)c(CN2CCN(C(=O)c3ccccc3OC3CCC3)CC2)c1. The Balaban J connectivity index is 1.37. The number of methoxy groups -OCH3 is 2. The predicted octanol–water partition coefficient (Wildman–Crippen LogP) is 3.59. The normalized spacial score (nSPS) is 17.3. The van der Waals surface area contributed by atoms with Gasteiger partial charge in [-0.05, 0) is 49.6 Å². The van der Waals surface area contributed by atoms with Crippen molar-refractivity contribution in [1.29, 1.82) is 0 Å². The zero-order valence-corrected chi connectivity index (χ0v) is 17.8. The first-order valence-corrected chi connectivity index (χ1v) is 10.7. The number of carbonyl (C=O) groups is 1. The van der Waals surface area contributed by atoms with Crippen molar-refractivity contribution >= 4 is 5.91 Å². The number of carbonyl (C=O) groups excluding carboxylic acids is 1. The van der Waals surface area contributed by atoms with Crippen molar-refractivity contribution < 1.29 is 19.0 Å². The Morgan fingerprint density at radius 2 is 1.73 bits per heavy atom. The zero-order chi connectivity index (χ0) is 20.9. The van der Waals surface area contributed by atoms with Gasteiger partial charge in [0.1, 0.15) is 17.2 Å². The number of piperazine rings is 1. The first kappa shape index (κ1) is 20.5. The predicted molar refractivity (Wildman–Crippen MR) is 115 cm³/mol. The number of benzene rings is 2. The molecule has 30 heavy (non-hydrogen) atoms. The van der Waals surface area contributed by atoms with Gasteiger partial charge >= 0.3 is 0 Å². The summed E-state index contributed by atoms with van der Waals surface area (Å²) in [5.41, 5.74) is 1.77. The van der Waals surface area contributed by atoms with Crippen molar-refractivity contribution in [2.45, 2.75) is 31.9 Å². The third-order valence-electron chi connectivity index (χ3n) is 6.00.